The molecule has 23 rings (SSSR count). The van der Waals surface area contributed by atoms with E-state index in [9.17, 15) is 0 Å². The van der Waals surface area contributed by atoms with Crippen LogP contribution in [0.2, 0.25) is 0 Å². The van der Waals surface area contributed by atoms with E-state index in [4.69, 9.17) is 28.9 Å². The van der Waals surface area contributed by atoms with Crippen molar-refractivity contribution >= 4 is 173 Å². The van der Waals surface area contributed by atoms with Crippen LogP contribution in [-0.2, 0) is 0 Å². The number of fused-ring (bicyclic) bond motifs is 18. The van der Waals surface area contributed by atoms with Crippen molar-refractivity contribution in [3.8, 4) is 0 Å². The van der Waals surface area contributed by atoms with Crippen molar-refractivity contribution in [2.45, 2.75) is 160 Å². The number of pyridine rings is 2. The quantitative estimate of drug-likeness (QED) is 0.139. The first kappa shape index (κ1) is 72.8. The summed E-state index contributed by atoms with van der Waals surface area (Å²) in [5, 5.41) is 10.8. The van der Waals surface area contributed by atoms with E-state index in [2.05, 4.69) is 243 Å². The lowest BCUT2D eigenvalue weighted by atomic mass is 10.1. The van der Waals surface area contributed by atoms with Crippen LogP contribution < -0.4 is 39.2 Å². The molecule has 23 heteroatoms. The molecule has 18 aromatic rings. The van der Waals surface area contributed by atoms with Crippen LogP contribution in [0, 0.1) is 34.6 Å². The number of nitrogens with zero attached hydrogens (tertiary/aromatic N) is 18. The summed E-state index contributed by atoms with van der Waals surface area (Å²) < 4.78 is 72.3. The van der Waals surface area contributed by atoms with Gasteiger partial charge in [0.15, 0.2) is 62.8 Å². The van der Waals surface area contributed by atoms with Crippen LogP contribution in [0.4, 0.5) is 63.3 Å². The smallest absolute Gasteiger partial charge is 0.227 e. The monoisotopic (exact) mass is 1640 g/mol. The molecule has 0 fully saturated rings. The van der Waals surface area contributed by atoms with Crippen LogP contribution in [0.3, 0.4) is 0 Å². The summed E-state index contributed by atoms with van der Waals surface area (Å²) in [6, 6.07) is 52.0. The fourth-order valence-corrected chi connectivity index (χ4v) is 18.4. The van der Waals surface area contributed by atoms with Crippen LogP contribution >= 0.6 is 0 Å². The van der Waals surface area contributed by atoms with Crippen molar-refractivity contribution in [2.24, 2.45) is 0 Å². The zero-order valence-electron chi connectivity index (χ0n) is 77.0. The Labute approximate surface area is 721 Å². The maximum absolute atomic E-state index is 8.66. The highest BCUT2D eigenvalue weighted by molar-refractivity contribution is 6.14. The Morgan fingerprint density at radius 1 is 0.309 bits per heavy atom. The molecule has 620 valence electrons. The summed E-state index contributed by atoms with van der Waals surface area (Å²) in [5.74, 6) is 3.83. The molecule has 0 bridgehead atoms. The maximum atomic E-state index is 8.66. The predicted molar refractivity (Wildman–Crippen MR) is 499 cm³/mol. The molecule has 5 atom stereocenters. The van der Waals surface area contributed by atoms with Gasteiger partial charge in [0, 0.05) is 164 Å². The number of para-hydroxylation sites is 3. The molecule has 0 aliphatic carbocycles. The SMILES string of the molecule is Cc1ccc2c(oc3ncccc32)c1N1C=CN(C(C)C)[C@@H]1C.Cc1ccc2c(oc3ncccc32)c1N1C=CN(C)[C@@H]1C.[2H]C(C)(C)N1c2nccnc2N(c2c(C)ccc3c2oc2ccccc23)[C@H]1C.[2H]C(C)(C)N1c2nccnc2N(c2c(C)ccc3c2oc2ccccc23)[C@H]1C.[2H]C([2H])([2H])N1c2nccnc2N(c2c(C)ccc3c2oc2ccccc23)[C@H]1C. The van der Waals surface area contributed by atoms with Crippen LogP contribution in [0.1, 0.15) is 111 Å². The average molecular weight is 1640 g/mol. The minimum Gasteiger partial charge on any atom is -0.454 e. The summed E-state index contributed by atoms with van der Waals surface area (Å²) >= 11 is 0. The topological polar surface area (TPSA) is 201 Å². The van der Waals surface area contributed by atoms with E-state index in [-0.39, 0.29) is 24.7 Å². The summed E-state index contributed by atoms with van der Waals surface area (Å²) in [4.78, 5) is 56.5. The Morgan fingerprint density at radius 3 is 1.00 bits per heavy atom. The zero-order chi connectivity index (χ0) is 89.6. The van der Waals surface area contributed by atoms with Crippen molar-refractivity contribution in [3.05, 3.63) is 260 Å². The Bertz CT molecular complexity index is 6980. The Kier molecular flexibility index (Phi) is 18.4. The molecule has 23 nitrogen and oxygen atoms in total. The standard InChI is InChI=1S/2C22H22N4O.C20H18N4O.C19H21N3O.C17H17N3O/c2*1-13(2)25-15(4)26(22-21(25)23-11-12-24-22)19-14(3)9-10-17-16-7-5-6-8-18(16)27-20(17)19;1-12-8-9-15-14-6-4-5-7-16(14)25-18(15)17(12)24-13(2)23(3)19-20(24)22-11-10-21-19;1-12(2)21-10-11-22(14(21)4)17-13(3)7-8-15-16-6-5-9-20-19(16)23-18(15)17;1-11-6-7-13-14-5-4-8-18-17(14)21-16(13)15(11)20-10-9-19(3)12(20)2/h2*5-13,15H,1-4H3;4-11,13H,1-3H3;5-12,14H,1-4H3;4-10,12H,1-3H3/t2*15-;13-;14-;12-/m00000/s1/i2*13D;3D3;;. The van der Waals surface area contributed by atoms with E-state index >= 15 is 0 Å². The van der Waals surface area contributed by atoms with E-state index in [0.29, 0.717) is 29.1 Å². The second-order valence-corrected chi connectivity index (χ2v) is 32.8. The second-order valence-electron chi connectivity index (χ2n) is 32.8. The van der Waals surface area contributed by atoms with Crippen molar-refractivity contribution in [1.29, 1.82) is 0 Å². The molecule has 0 N–H and O–H groups in total. The van der Waals surface area contributed by atoms with Gasteiger partial charge in [-0.1, -0.05) is 115 Å². The molecule has 0 unspecified atom stereocenters. The largest absolute Gasteiger partial charge is 0.454 e. The molecular formula is C100H100N18O5. The average Bonchev–Trinajstić information content (AvgIpc) is 1.57. The molecule has 0 radical (unpaired) electrons. The van der Waals surface area contributed by atoms with E-state index in [0.717, 1.165) is 167 Å². The third kappa shape index (κ3) is 13.0. The Balaban J connectivity index is 0.000000105. The van der Waals surface area contributed by atoms with Gasteiger partial charge in [0.1, 0.15) is 47.6 Å². The van der Waals surface area contributed by atoms with Crippen LogP contribution in [-0.4, -0.2) is 113 Å². The summed E-state index contributed by atoms with van der Waals surface area (Å²) in [6.07, 6.45) is 21.7. The highest BCUT2D eigenvalue weighted by atomic mass is 16.4. The number of aryl methyl sites for hydroxylation is 5. The van der Waals surface area contributed by atoms with E-state index in [1.54, 1.807) is 43.4 Å². The Morgan fingerprint density at radius 2 is 0.634 bits per heavy atom. The normalized spacial score (nSPS) is 18.1. The van der Waals surface area contributed by atoms with Gasteiger partial charge in [0.25, 0.3) is 0 Å². The minimum atomic E-state index is -2.34. The number of hydrogen-bond donors (Lipinski definition) is 0. The van der Waals surface area contributed by atoms with Gasteiger partial charge in [-0.05, 0) is 181 Å². The van der Waals surface area contributed by atoms with E-state index in [1.165, 1.54) is 22.2 Å². The zero-order valence-corrected chi connectivity index (χ0v) is 72.0. The first-order valence-electron chi connectivity index (χ1n) is 44.3. The van der Waals surface area contributed by atoms with Gasteiger partial charge in [-0.2, -0.15) is 0 Å². The molecule has 0 saturated carbocycles. The predicted octanol–water partition coefficient (Wildman–Crippen LogP) is 23.9. The molecule has 0 saturated heterocycles. The van der Waals surface area contributed by atoms with Gasteiger partial charge in [0.05, 0.1) is 31.2 Å². The second kappa shape index (κ2) is 31.1. The maximum Gasteiger partial charge on any atom is 0.227 e. The number of furan rings is 5. The van der Waals surface area contributed by atoms with Crippen LogP contribution in [0.15, 0.2) is 254 Å². The first-order chi connectivity index (χ1) is 61.4. The summed E-state index contributed by atoms with van der Waals surface area (Å²) in [5.41, 5.74) is 18.8. The van der Waals surface area contributed by atoms with E-state index < -0.39 is 25.2 Å². The highest BCUT2D eigenvalue weighted by Crippen LogP contribution is 2.52. The van der Waals surface area contributed by atoms with Crippen molar-refractivity contribution < 1.29 is 28.9 Å². The van der Waals surface area contributed by atoms with Gasteiger partial charge in [-0.25, -0.2) is 39.9 Å². The Hall–Kier alpha value is -14.2. The number of benzene rings is 8. The molecule has 5 aliphatic rings. The molecule has 5 aliphatic heterocycles. The number of rotatable bonds is 8. The molecule has 123 heavy (non-hydrogen) atoms. The van der Waals surface area contributed by atoms with Gasteiger partial charge in [-0.3, -0.25) is 14.7 Å². The first-order valence-corrected chi connectivity index (χ1v) is 41.8. The number of aromatic nitrogens is 8. The third-order valence-corrected chi connectivity index (χ3v) is 24.4. The number of anilines is 11. The van der Waals surface area contributed by atoms with Gasteiger partial charge >= 0.3 is 0 Å². The fraction of sp³-hybridized carbons (Fsp3) is 0.260. The lowest BCUT2D eigenvalue weighted by Crippen LogP contribution is -2.42. The van der Waals surface area contributed by atoms with Crippen molar-refractivity contribution in [3.63, 3.8) is 0 Å². The molecular weight excluding hydrogens is 1530 g/mol. The van der Waals surface area contributed by atoms with Crippen molar-refractivity contribution in [1.82, 2.24) is 49.7 Å². The molecule has 15 heterocycles. The molecule has 8 aromatic carbocycles. The lowest BCUT2D eigenvalue weighted by molar-refractivity contribution is 0.263. The van der Waals surface area contributed by atoms with Crippen LogP contribution in [0.25, 0.3) is 110 Å². The summed E-state index contributed by atoms with van der Waals surface area (Å²) in [6.45, 7) is 30.4. The molecule has 0 spiro atoms. The van der Waals surface area contributed by atoms with Gasteiger partial charge < -0.3 is 56.4 Å². The van der Waals surface area contributed by atoms with E-state index in [1.807, 2.05) is 141 Å². The van der Waals surface area contributed by atoms with Crippen LogP contribution in [0.5, 0.6) is 0 Å². The van der Waals surface area contributed by atoms with Gasteiger partial charge in [0.2, 0.25) is 11.4 Å². The van der Waals surface area contributed by atoms with Gasteiger partial charge in [-0.15, -0.1) is 0 Å². The highest BCUT2D eigenvalue weighted by Gasteiger charge is 2.43. The summed E-state index contributed by atoms with van der Waals surface area (Å²) in [7, 11) is 2.08. The number of hydrogen-bond acceptors (Lipinski definition) is 23. The minimum absolute atomic E-state index is 0.123. The third-order valence-electron chi connectivity index (χ3n) is 24.4. The lowest BCUT2D eigenvalue weighted by Gasteiger charge is -2.33. The van der Waals surface area contributed by atoms with Crippen molar-refractivity contribution in [2.75, 3.05) is 53.2 Å². The molecule has 0 amide bonds. The fourth-order valence-electron chi connectivity index (χ4n) is 18.4. The molecule has 10 aromatic heterocycles.